The predicted octanol–water partition coefficient (Wildman–Crippen LogP) is 5.60. The number of aromatic nitrogens is 2. The van der Waals surface area contributed by atoms with Crippen molar-refractivity contribution in [1.82, 2.24) is 9.97 Å². The molecular weight excluding hydrogens is 360 g/mol. The van der Waals surface area contributed by atoms with Crippen molar-refractivity contribution < 1.29 is 9.53 Å². The van der Waals surface area contributed by atoms with Crippen molar-refractivity contribution in [3.05, 3.63) is 54.2 Å². The van der Waals surface area contributed by atoms with Gasteiger partial charge in [-0.25, -0.2) is 14.8 Å². The Labute approximate surface area is 162 Å². The SMILES string of the molecule is Cc1cccc(Nc2nccc(-c3ccc(NC(=O)OC(C)(C)C)s3)n2)c1. The van der Waals surface area contributed by atoms with Gasteiger partial charge in [-0.2, -0.15) is 0 Å². The third-order valence-corrected chi connectivity index (χ3v) is 4.44. The maximum absolute atomic E-state index is 11.9. The number of amides is 1. The van der Waals surface area contributed by atoms with Crippen molar-refractivity contribution in [3.8, 4) is 10.6 Å². The number of nitrogens with zero attached hydrogens (tertiary/aromatic N) is 2. The molecule has 0 atom stereocenters. The largest absolute Gasteiger partial charge is 0.444 e. The van der Waals surface area contributed by atoms with Crippen molar-refractivity contribution in [2.24, 2.45) is 0 Å². The molecule has 27 heavy (non-hydrogen) atoms. The summed E-state index contributed by atoms with van der Waals surface area (Å²) in [4.78, 5) is 21.7. The molecule has 0 radical (unpaired) electrons. The van der Waals surface area contributed by atoms with Gasteiger partial charge in [-0.15, -0.1) is 11.3 Å². The first-order valence-corrected chi connectivity index (χ1v) is 9.37. The first-order valence-electron chi connectivity index (χ1n) is 8.55. The van der Waals surface area contributed by atoms with Crippen molar-refractivity contribution in [2.45, 2.75) is 33.3 Å². The summed E-state index contributed by atoms with van der Waals surface area (Å²) in [6, 6.07) is 13.6. The molecule has 2 heterocycles. The summed E-state index contributed by atoms with van der Waals surface area (Å²) in [5, 5.41) is 6.66. The molecule has 0 aliphatic heterocycles. The summed E-state index contributed by atoms with van der Waals surface area (Å²) in [7, 11) is 0. The van der Waals surface area contributed by atoms with Crippen LogP contribution in [0.1, 0.15) is 26.3 Å². The van der Waals surface area contributed by atoms with Crippen LogP contribution in [0.5, 0.6) is 0 Å². The minimum Gasteiger partial charge on any atom is -0.444 e. The van der Waals surface area contributed by atoms with Gasteiger partial charge in [0.2, 0.25) is 5.95 Å². The summed E-state index contributed by atoms with van der Waals surface area (Å²) in [6.07, 6.45) is 1.24. The third kappa shape index (κ3) is 5.52. The molecule has 0 spiro atoms. The van der Waals surface area contributed by atoms with E-state index in [1.807, 2.05) is 70.2 Å². The lowest BCUT2D eigenvalue weighted by Crippen LogP contribution is -2.26. The van der Waals surface area contributed by atoms with E-state index in [9.17, 15) is 4.79 Å². The average Bonchev–Trinajstić information content (AvgIpc) is 3.01. The van der Waals surface area contributed by atoms with Crippen LogP contribution in [-0.2, 0) is 4.74 Å². The highest BCUT2D eigenvalue weighted by Gasteiger charge is 2.17. The van der Waals surface area contributed by atoms with Crippen LogP contribution >= 0.6 is 11.3 Å². The molecule has 0 fully saturated rings. The monoisotopic (exact) mass is 382 g/mol. The van der Waals surface area contributed by atoms with Gasteiger partial charge < -0.3 is 10.1 Å². The highest BCUT2D eigenvalue weighted by atomic mass is 32.1. The number of benzene rings is 1. The van der Waals surface area contributed by atoms with Gasteiger partial charge in [0.1, 0.15) is 5.60 Å². The number of hydrogen-bond donors (Lipinski definition) is 2. The zero-order chi connectivity index (χ0) is 19.4. The van der Waals surface area contributed by atoms with Crippen LogP contribution in [0.3, 0.4) is 0 Å². The molecule has 7 heteroatoms. The van der Waals surface area contributed by atoms with Crippen LogP contribution in [0.2, 0.25) is 0 Å². The molecule has 3 rings (SSSR count). The van der Waals surface area contributed by atoms with Crippen LogP contribution in [0.15, 0.2) is 48.7 Å². The molecule has 6 nitrogen and oxygen atoms in total. The molecule has 2 N–H and O–H groups in total. The van der Waals surface area contributed by atoms with Crippen LogP contribution in [0.4, 0.5) is 21.4 Å². The molecule has 0 aliphatic carbocycles. The van der Waals surface area contributed by atoms with Gasteiger partial charge >= 0.3 is 6.09 Å². The van der Waals surface area contributed by atoms with Gasteiger partial charge in [0.05, 0.1) is 15.6 Å². The number of carbonyl (C=O) groups is 1. The standard InChI is InChI=1S/C20H22N4O2S/c1-13-6-5-7-14(12-13)22-18-21-11-10-15(23-18)16-8-9-17(27-16)24-19(25)26-20(2,3)4/h5-12H,1-4H3,(H,24,25)(H,21,22,23). The van der Waals surface area contributed by atoms with Crippen molar-refractivity contribution >= 4 is 34.1 Å². The maximum Gasteiger partial charge on any atom is 0.412 e. The lowest BCUT2D eigenvalue weighted by molar-refractivity contribution is 0.0636. The first kappa shape index (κ1) is 18.8. The van der Waals surface area contributed by atoms with Gasteiger partial charge in [-0.05, 0) is 63.6 Å². The summed E-state index contributed by atoms with van der Waals surface area (Å²) in [5.74, 6) is 0.521. The Hall–Kier alpha value is -2.93. The van der Waals surface area contributed by atoms with E-state index in [1.54, 1.807) is 6.20 Å². The fourth-order valence-corrected chi connectivity index (χ4v) is 3.22. The third-order valence-electron chi connectivity index (χ3n) is 3.41. The Morgan fingerprint density at radius 3 is 2.70 bits per heavy atom. The minimum atomic E-state index is -0.535. The fourth-order valence-electron chi connectivity index (χ4n) is 2.35. The molecule has 3 aromatic rings. The van der Waals surface area contributed by atoms with Crippen LogP contribution in [0, 0.1) is 6.92 Å². The van der Waals surface area contributed by atoms with Crippen LogP contribution < -0.4 is 10.6 Å². The van der Waals surface area contributed by atoms with E-state index < -0.39 is 11.7 Å². The molecule has 0 saturated heterocycles. The summed E-state index contributed by atoms with van der Waals surface area (Å²) < 4.78 is 5.27. The topological polar surface area (TPSA) is 76.1 Å². The van der Waals surface area contributed by atoms with Crippen molar-refractivity contribution in [2.75, 3.05) is 10.6 Å². The second kappa shape index (κ2) is 7.75. The molecule has 0 saturated carbocycles. The number of aryl methyl sites for hydroxylation is 1. The second-order valence-electron chi connectivity index (χ2n) is 7.05. The van der Waals surface area contributed by atoms with Gasteiger partial charge in [0.15, 0.2) is 0 Å². The predicted molar refractivity (Wildman–Crippen MR) is 110 cm³/mol. The number of carbonyl (C=O) groups excluding carboxylic acids is 1. The van der Waals surface area contributed by atoms with E-state index in [2.05, 4.69) is 20.6 Å². The van der Waals surface area contributed by atoms with Crippen molar-refractivity contribution in [3.63, 3.8) is 0 Å². The Kier molecular flexibility index (Phi) is 5.41. The van der Waals surface area contributed by atoms with Crippen LogP contribution in [0.25, 0.3) is 10.6 Å². The summed E-state index contributed by atoms with van der Waals surface area (Å²) >= 11 is 1.43. The Bertz CT molecular complexity index is 947. The van der Waals surface area contributed by atoms with Gasteiger partial charge in [-0.3, -0.25) is 5.32 Å². The maximum atomic E-state index is 11.9. The summed E-state index contributed by atoms with van der Waals surface area (Å²) in [6.45, 7) is 7.52. The van der Waals surface area contributed by atoms with Gasteiger partial charge in [-0.1, -0.05) is 12.1 Å². The molecule has 1 amide bonds. The van der Waals surface area contributed by atoms with E-state index >= 15 is 0 Å². The Balaban J connectivity index is 1.72. The van der Waals surface area contributed by atoms with E-state index in [0.717, 1.165) is 21.8 Å². The smallest absolute Gasteiger partial charge is 0.412 e. The quantitative estimate of drug-likeness (QED) is 0.614. The second-order valence-corrected chi connectivity index (χ2v) is 8.13. The van der Waals surface area contributed by atoms with Crippen LogP contribution in [-0.4, -0.2) is 21.7 Å². The average molecular weight is 382 g/mol. The lowest BCUT2D eigenvalue weighted by atomic mass is 10.2. The number of rotatable bonds is 4. The number of anilines is 3. The summed E-state index contributed by atoms with van der Waals surface area (Å²) in [5.41, 5.74) is 2.34. The molecular formula is C20H22N4O2S. The molecule has 0 unspecified atom stereocenters. The van der Waals surface area contributed by atoms with E-state index in [0.29, 0.717) is 10.9 Å². The zero-order valence-corrected chi connectivity index (χ0v) is 16.6. The normalized spacial score (nSPS) is 11.1. The highest BCUT2D eigenvalue weighted by Crippen LogP contribution is 2.31. The molecule has 2 aromatic heterocycles. The van der Waals surface area contributed by atoms with Gasteiger partial charge in [0.25, 0.3) is 0 Å². The lowest BCUT2D eigenvalue weighted by Gasteiger charge is -2.19. The number of thiophene rings is 1. The number of hydrogen-bond acceptors (Lipinski definition) is 6. The molecule has 0 bridgehead atoms. The van der Waals surface area contributed by atoms with E-state index in [-0.39, 0.29) is 0 Å². The van der Waals surface area contributed by atoms with Gasteiger partial charge in [0, 0.05) is 11.9 Å². The number of ether oxygens (including phenoxy) is 1. The zero-order valence-electron chi connectivity index (χ0n) is 15.7. The minimum absolute atomic E-state index is 0.472. The Morgan fingerprint density at radius 1 is 1.15 bits per heavy atom. The first-order chi connectivity index (χ1) is 12.8. The number of nitrogens with one attached hydrogen (secondary N) is 2. The highest BCUT2D eigenvalue weighted by molar-refractivity contribution is 7.19. The fraction of sp³-hybridized carbons (Fsp3) is 0.250. The van der Waals surface area contributed by atoms with E-state index in [1.165, 1.54) is 11.3 Å². The Morgan fingerprint density at radius 2 is 1.96 bits per heavy atom. The molecule has 0 aliphatic rings. The molecule has 140 valence electrons. The van der Waals surface area contributed by atoms with Crippen molar-refractivity contribution in [1.29, 1.82) is 0 Å². The molecule has 1 aromatic carbocycles. The van der Waals surface area contributed by atoms with E-state index in [4.69, 9.17) is 4.74 Å².